The maximum absolute atomic E-state index is 10.6. The van der Waals surface area contributed by atoms with Gasteiger partial charge in [0.25, 0.3) is 5.91 Å². The number of hydrogen-bond acceptors (Lipinski definition) is 4. The Kier molecular flexibility index (Phi) is 4.11. The number of carbonyl (C=O) groups excluding carboxylic acids is 2. The van der Waals surface area contributed by atoms with E-state index in [1.54, 1.807) is 29.1 Å². The number of nitrogens with two attached hydrogens (primary N) is 1. The van der Waals surface area contributed by atoms with Gasteiger partial charge < -0.3 is 15.6 Å². The van der Waals surface area contributed by atoms with E-state index >= 15 is 0 Å². The lowest BCUT2D eigenvalue weighted by atomic mass is 10.4. The van der Waals surface area contributed by atoms with Crippen molar-refractivity contribution in [2.45, 2.75) is 11.4 Å². The number of nitrogens with zero attached hydrogens (tertiary/aromatic N) is 1. The van der Waals surface area contributed by atoms with Crippen LogP contribution in [0.5, 0.6) is 0 Å². The number of rotatable bonds is 5. The molecule has 0 radical (unpaired) electrons. The van der Waals surface area contributed by atoms with Crippen LogP contribution in [0.15, 0.2) is 29.4 Å². The molecule has 6 heteroatoms. The zero-order valence-corrected chi connectivity index (χ0v) is 8.70. The number of carboxylic acid groups (broad SMARTS) is 1. The first-order valence-electron chi connectivity index (χ1n) is 4.18. The van der Waals surface area contributed by atoms with Gasteiger partial charge in [0.2, 0.25) is 6.54 Å². The van der Waals surface area contributed by atoms with Crippen LogP contribution < -0.4 is 15.4 Å². The summed E-state index contributed by atoms with van der Waals surface area (Å²) in [7, 11) is 0. The van der Waals surface area contributed by atoms with Gasteiger partial charge >= 0.3 is 0 Å². The summed E-state index contributed by atoms with van der Waals surface area (Å²) in [6.45, 7) is 0.117. The molecule has 5 nitrogen and oxygen atoms in total. The van der Waals surface area contributed by atoms with Gasteiger partial charge in [-0.2, -0.15) is 4.57 Å². The highest BCUT2D eigenvalue weighted by Crippen LogP contribution is 2.14. The first-order chi connectivity index (χ1) is 7.08. The van der Waals surface area contributed by atoms with Crippen LogP contribution in [0.4, 0.5) is 0 Å². The van der Waals surface area contributed by atoms with Gasteiger partial charge in [-0.3, -0.25) is 4.79 Å². The molecule has 0 atom stereocenters. The zero-order valence-electron chi connectivity index (χ0n) is 7.88. The smallest absolute Gasteiger partial charge is 0.283 e. The predicted molar refractivity (Wildman–Crippen MR) is 51.6 cm³/mol. The van der Waals surface area contributed by atoms with Crippen LogP contribution in [-0.4, -0.2) is 17.6 Å². The number of carboxylic acids is 1. The van der Waals surface area contributed by atoms with Gasteiger partial charge in [0.15, 0.2) is 12.4 Å². The van der Waals surface area contributed by atoms with Gasteiger partial charge in [-0.15, -0.1) is 11.8 Å². The van der Waals surface area contributed by atoms with E-state index in [4.69, 9.17) is 5.73 Å². The molecule has 2 N–H and O–H groups in total. The Balaban J connectivity index is 2.56. The molecule has 80 valence electrons. The van der Waals surface area contributed by atoms with Crippen molar-refractivity contribution < 1.29 is 19.3 Å². The number of primary amides is 1. The summed E-state index contributed by atoms with van der Waals surface area (Å²) in [5, 5.41) is 10.2. The highest BCUT2D eigenvalue weighted by Gasteiger charge is 2.04. The third-order valence-electron chi connectivity index (χ3n) is 1.56. The Hall–Kier alpha value is -1.56. The molecule has 1 rings (SSSR count). The molecule has 0 bridgehead atoms. The number of carbonyl (C=O) groups is 2. The third kappa shape index (κ3) is 4.46. The number of thioether (sulfide) groups is 1. The van der Waals surface area contributed by atoms with Crippen LogP contribution >= 0.6 is 11.8 Å². The number of amides is 1. The molecule has 1 heterocycles. The van der Waals surface area contributed by atoms with Crippen LogP contribution in [0.2, 0.25) is 0 Å². The van der Waals surface area contributed by atoms with E-state index in [0.717, 1.165) is 16.7 Å². The van der Waals surface area contributed by atoms with E-state index in [1.165, 1.54) is 0 Å². The minimum atomic E-state index is -1.10. The normalized spacial score (nSPS) is 9.87. The minimum absolute atomic E-state index is 0.0835. The Bertz CT molecular complexity index is 364. The van der Waals surface area contributed by atoms with Crippen molar-refractivity contribution in [3.8, 4) is 0 Å². The molecule has 0 aliphatic heterocycles. The lowest BCUT2D eigenvalue weighted by molar-refractivity contribution is -0.684. The molecular weight excluding hydrogens is 216 g/mol. The van der Waals surface area contributed by atoms with Gasteiger partial charge in [0.05, 0.1) is 5.97 Å². The van der Waals surface area contributed by atoms with Crippen molar-refractivity contribution in [3.05, 3.63) is 24.5 Å². The second-order valence-electron chi connectivity index (χ2n) is 2.83. The minimum Gasteiger partial charge on any atom is -0.549 e. The highest BCUT2D eigenvalue weighted by atomic mass is 32.2. The molecule has 0 fully saturated rings. The average molecular weight is 226 g/mol. The van der Waals surface area contributed by atoms with Crippen LogP contribution in [0, 0.1) is 0 Å². The quantitative estimate of drug-likeness (QED) is 0.479. The second-order valence-corrected chi connectivity index (χ2v) is 3.88. The summed E-state index contributed by atoms with van der Waals surface area (Å²) in [5.41, 5.74) is 5.01. The molecule has 0 saturated carbocycles. The molecule has 0 saturated heterocycles. The maximum Gasteiger partial charge on any atom is 0.283 e. The molecule has 1 aromatic rings. The monoisotopic (exact) mass is 226 g/mol. The van der Waals surface area contributed by atoms with Crippen molar-refractivity contribution in [2.24, 2.45) is 5.73 Å². The van der Waals surface area contributed by atoms with E-state index in [2.05, 4.69) is 0 Å². The molecule has 15 heavy (non-hydrogen) atoms. The van der Waals surface area contributed by atoms with Crippen molar-refractivity contribution >= 4 is 23.6 Å². The number of hydrogen-bond donors (Lipinski definition) is 1. The van der Waals surface area contributed by atoms with Gasteiger partial charge in [-0.1, -0.05) is 0 Å². The van der Waals surface area contributed by atoms with E-state index in [0.29, 0.717) is 0 Å². The predicted octanol–water partition coefficient (Wildman–Crippen LogP) is -1.70. The van der Waals surface area contributed by atoms with E-state index in [1.807, 2.05) is 0 Å². The molecule has 1 aromatic heterocycles. The van der Waals surface area contributed by atoms with Gasteiger partial charge in [0.1, 0.15) is 0 Å². The van der Waals surface area contributed by atoms with Crippen LogP contribution in [-0.2, 0) is 16.1 Å². The summed E-state index contributed by atoms with van der Waals surface area (Å²) in [6.07, 6.45) is 3.34. The lowest BCUT2D eigenvalue weighted by Crippen LogP contribution is -2.39. The molecule has 0 aromatic carbocycles. The summed E-state index contributed by atoms with van der Waals surface area (Å²) in [4.78, 5) is 21.6. The zero-order chi connectivity index (χ0) is 11.3. The summed E-state index contributed by atoms with van der Waals surface area (Å²) >= 11 is 1.16. The molecular formula is C9H10N2O3S. The Morgan fingerprint density at radius 1 is 1.40 bits per heavy atom. The van der Waals surface area contributed by atoms with E-state index in [-0.39, 0.29) is 12.3 Å². The van der Waals surface area contributed by atoms with Crippen LogP contribution in [0.1, 0.15) is 0 Å². The third-order valence-corrected chi connectivity index (χ3v) is 2.54. The highest BCUT2D eigenvalue weighted by molar-refractivity contribution is 8.00. The number of aliphatic carboxylic acids is 1. The van der Waals surface area contributed by atoms with Crippen molar-refractivity contribution in [1.82, 2.24) is 0 Å². The molecule has 0 aliphatic carbocycles. The molecule has 0 unspecified atom stereocenters. The fourth-order valence-electron chi connectivity index (χ4n) is 0.967. The fourth-order valence-corrected chi connectivity index (χ4v) is 1.57. The van der Waals surface area contributed by atoms with E-state index in [9.17, 15) is 14.7 Å². The molecule has 0 spiro atoms. The Morgan fingerprint density at radius 3 is 2.47 bits per heavy atom. The Labute approximate surface area is 90.9 Å². The lowest BCUT2D eigenvalue weighted by Gasteiger charge is -2.00. The van der Waals surface area contributed by atoms with Gasteiger partial charge in [-0.05, 0) is 0 Å². The second kappa shape index (κ2) is 5.35. The molecule has 0 aliphatic rings. The number of aromatic nitrogens is 1. The van der Waals surface area contributed by atoms with Gasteiger partial charge in [0, 0.05) is 22.8 Å². The van der Waals surface area contributed by atoms with Gasteiger partial charge in [-0.25, -0.2) is 0 Å². The fraction of sp³-hybridized carbons (Fsp3) is 0.222. The maximum atomic E-state index is 10.6. The van der Waals surface area contributed by atoms with Crippen LogP contribution in [0.3, 0.4) is 0 Å². The van der Waals surface area contributed by atoms with Crippen LogP contribution in [0.25, 0.3) is 0 Å². The van der Waals surface area contributed by atoms with E-state index < -0.39 is 11.9 Å². The first-order valence-corrected chi connectivity index (χ1v) is 5.16. The topological polar surface area (TPSA) is 87.1 Å². The standard InChI is InChI=1S/C9H10N2O3S/c10-8(12)5-11-3-1-7(2-4-11)15-6-9(13)14/h1-4H,5-6H2,(H2-,10,12,13,14). The van der Waals surface area contributed by atoms with Crippen molar-refractivity contribution in [2.75, 3.05) is 5.75 Å². The number of pyridine rings is 1. The van der Waals surface area contributed by atoms with Crippen molar-refractivity contribution in [3.63, 3.8) is 0 Å². The molecule has 1 amide bonds. The average Bonchev–Trinajstić information content (AvgIpc) is 2.16. The Morgan fingerprint density at radius 2 is 2.00 bits per heavy atom. The summed E-state index contributed by atoms with van der Waals surface area (Å²) < 4.78 is 1.62. The summed E-state index contributed by atoms with van der Waals surface area (Å²) in [5.74, 6) is -1.61. The first kappa shape index (κ1) is 11.5. The van der Waals surface area contributed by atoms with Crippen molar-refractivity contribution in [1.29, 1.82) is 0 Å². The largest absolute Gasteiger partial charge is 0.549 e. The summed E-state index contributed by atoms with van der Waals surface area (Å²) in [6, 6.07) is 3.44. The SMILES string of the molecule is NC(=O)C[n+]1ccc(SCC(=O)[O-])cc1.